The third-order valence-electron chi connectivity index (χ3n) is 4.49. The van der Waals surface area contributed by atoms with Crippen molar-refractivity contribution >= 4 is 11.9 Å². The van der Waals surface area contributed by atoms with Crippen molar-refractivity contribution in [1.29, 1.82) is 0 Å². The quantitative estimate of drug-likeness (QED) is 0.399. The predicted octanol–water partition coefficient (Wildman–Crippen LogP) is 2.90. The Labute approximate surface area is 174 Å². The number of aliphatic hydroxyl groups is 1. The first-order chi connectivity index (χ1) is 14.2. The Hall–Kier alpha value is -2.97. The van der Waals surface area contributed by atoms with Crippen molar-refractivity contribution in [2.24, 2.45) is 0 Å². The van der Waals surface area contributed by atoms with Crippen LogP contribution in [0.15, 0.2) is 48.5 Å². The molecule has 0 aliphatic carbocycles. The summed E-state index contributed by atoms with van der Waals surface area (Å²) in [6.45, 7) is 2.56. The summed E-state index contributed by atoms with van der Waals surface area (Å²) >= 11 is 0. The van der Waals surface area contributed by atoms with Gasteiger partial charge in [-0.15, -0.1) is 0 Å². The SMILES string of the molecule is CC(CCc1ccc(F)cc1)(NCCO)c1cccc(O)c1.O=C(O)CCC(=O)O. The van der Waals surface area contributed by atoms with E-state index in [2.05, 4.69) is 5.32 Å². The molecule has 0 radical (unpaired) electrons. The molecule has 2 rings (SSSR count). The van der Waals surface area contributed by atoms with Gasteiger partial charge in [0.05, 0.1) is 19.4 Å². The van der Waals surface area contributed by atoms with Crippen molar-refractivity contribution in [3.8, 4) is 5.75 Å². The maximum atomic E-state index is 13.0. The van der Waals surface area contributed by atoms with E-state index in [0.29, 0.717) is 6.54 Å². The first-order valence-corrected chi connectivity index (χ1v) is 9.49. The summed E-state index contributed by atoms with van der Waals surface area (Å²) in [7, 11) is 0. The summed E-state index contributed by atoms with van der Waals surface area (Å²) < 4.78 is 13.0. The standard InChI is InChI=1S/C18H22FNO2.C4H6O4/c1-18(20-11-12-21,15-3-2-4-17(22)13-15)10-9-14-5-7-16(19)8-6-14;5-3(6)1-2-4(7)8/h2-8,13,20-22H,9-12H2,1H3;1-2H2,(H,5,6)(H,7,8). The van der Waals surface area contributed by atoms with E-state index in [9.17, 15) is 19.1 Å². The summed E-state index contributed by atoms with van der Waals surface area (Å²) in [4.78, 5) is 19.3. The maximum Gasteiger partial charge on any atom is 0.303 e. The molecule has 0 aliphatic heterocycles. The maximum absolute atomic E-state index is 13.0. The molecule has 0 spiro atoms. The molecular formula is C22H28FNO6. The number of aliphatic carboxylic acids is 2. The third kappa shape index (κ3) is 9.49. The second kappa shape index (κ2) is 12.6. The number of nitrogens with one attached hydrogen (secondary N) is 1. The number of rotatable bonds is 10. The van der Waals surface area contributed by atoms with E-state index >= 15 is 0 Å². The Morgan fingerprint density at radius 1 is 1.03 bits per heavy atom. The number of aromatic hydroxyl groups is 1. The van der Waals surface area contributed by atoms with E-state index in [1.807, 2.05) is 13.0 Å². The van der Waals surface area contributed by atoms with Gasteiger partial charge in [-0.2, -0.15) is 0 Å². The number of phenolic OH excluding ortho intramolecular Hbond substituents is 1. The van der Waals surface area contributed by atoms with Gasteiger partial charge >= 0.3 is 11.9 Å². The van der Waals surface area contributed by atoms with Crippen LogP contribution in [-0.2, 0) is 21.5 Å². The smallest absolute Gasteiger partial charge is 0.303 e. The number of hydrogen-bond donors (Lipinski definition) is 5. The van der Waals surface area contributed by atoms with Crippen molar-refractivity contribution in [3.05, 3.63) is 65.5 Å². The Balaban J connectivity index is 0.000000479. The van der Waals surface area contributed by atoms with Gasteiger partial charge in [0, 0.05) is 12.1 Å². The minimum absolute atomic E-state index is 0.0466. The molecule has 1 atom stereocenters. The van der Waals surface area contributed by atoms with Gasteiger partial charge in [0.1, 0.15) is 11.6 Å². The van der Waals surface area contributed by atoms with Crippen LogP contribution in [0.4, 0.5) is 4.39 Å². The monoisotopic (exact) mass is 421 g/mol. The van der Waals surface area contributed by atoms with Crippen LogP contribution in [0.3, 0.4) is 0 Å². The van der Waals surface area contributed by atoms with Gasteiger partial charge < -0.3 is 25.7 Å². The molecule has 1 unspecified atom stereocenters. The number of carboxylic acid groups (broad SMARTS) is 2. The largest absolute Gasteiger partial charge is 0.508 e. The number of carbonyl (C=O) groups is 2. The lowest BCUT2D eigenvalue weighted by Gasteiger charge is -2.32. The van der Waals surface area contributed by atoms with Crippen molar-refractivity contribution in [1.82, 2.24) is 5.32 Å². The van der Waals surface area contributed by atoms with Crippen LogP contribution in [0.25, 0.3) is 0 Å². The highest BCUT2D eigenvalue weighted by Gasteiger charge is 2.25. The number of carboxylic acids is 2. The topological polar surface area (TPSA) is 127 Å². The summed E-state index contributed by atoms with van der Waals surface area (Å²) in [6, 6.07) is 13.6. The summed E-state index contributed by atoms with van der Waals surface area (Å²) in [5, 5.41) is 37.9. The molecule has 0 heterocycles. The molecule has 2 aromatic carbocycles. The second-order valence-corrected chi connectivity index (χ2v) is 6.95. The van der Waals surface area contributed by atoms with E-state index in [0.717, 1.165) is 24.0 Å². The van der Waals surface area contributed by atoms with Crippen molar-refractivity contribution in [2.45, 2.75) is 38.1 Å². The normalized spacial score (nSPS) is 12.4. The average molecular weight is 421 g/mol. The molecule has 164 valence electrons. The second-order valence-electron chi connectivity index (χ2n) is 6.95. The third-order valence-corrected chi connectivity index (χ3v) is 4.49. The van der Waals surface area contributed by atoms with Gasteiger partial charge in [-0.05, 0) is 55.2 Å². The Morgan fingerprint density at radius 2 is 1.63 bits per heavy atom. The number of phenols is 1. The zero-order valence-corrected chi connectivity index (χ0v) is 16.8. The number of aliphatic hydroxyl groups excluding tert-OH is 1. The van der Waals surface area contributed by atoms with Crippen LogP contribution in [0.5, 0.6) is 5.75 Å². The Kier molecular flexibility index (Phi) is 10.5. The Bertz CT molecular complexity index is 798. The molecule has 2 aromatic rings. The zero-order valence-electron chi connectivity index (χ0n) is 16.8. The highest BCUT2D eigenvalue weighted by atomic mass is 19.1. The van der Waals surface area contributed by atoms with Crippen LogP contribution < -0.4 is 5.32 Å². The van der Waals surface area contributed by atoms with E-state index in [1.54, 1.807) is 30.3 Å². The number of hydrogen-bond acceptors (Lipinski definition) is 5. The van der Waals surface area contributed by atoms with Gasteiger partial charge in [-0.1, -0.05) is 24.3 Å². The van der Waals surface area contributed by atoms with Gasteiger partial charge in [0.15, 0.2) is 0 Å². The van der Waals surface area contributed by atoms with Crippen molar-refractivity contribution in [2.75, 3.05) is 13.2 Å². The molecule has 0 aromatic heterocycles. The molecule has 30 heavy (non-hydrogen) atoms. The fraction of sp³-hybridized carbons (Fsp3) is 0.364. The highest BCUT2D eigenvalue weighted by Crippen LogP contribution is 2.28. The molecule has 5 N–H and O–H groups in total. The lowest BCUT2D eigenvalue weighted by atomic mass is 9.85. The molecule has 0 bridgehead atoms. The van der Waals surface area contributed by atoms with Crippen molar-refractivity contribution < 1.29 is 34.4 Å². The predicted molar refractivity (Wildman–Crippen MR) is 110 cm³/mol. The molecular weight excluding hydrogens is 393 g/mol. The van der Waals surface area contributed by atoms with Crippen LogP contribution in [0.2, 0.25) is 0 Å². The fourth-order valence-electron chi connectivity index (χ4n) is 2.77. The zero-order chi connectivity index (χ0) is 22.6. The summed E-state index contributed by atoms with van der Waals surface area (Å²) in [6.07, 6.45) is 0.942. The van der Waals surface area contributed by atoms with E-state index < -0.39 is 11.9 Å². The highest BCUT2D eigenvalue weighted by molar-refractivity contribution is 5.75. The molecule has 0 amide bonds. The minimum Gasteiger partial charge on any atom is -0.508 e. The van der Waals surface area contributed by atoms with Crippen LogP contribution >= 0.6 is 0 Å². The minimum atomic E-state index is -1.08. The van der Waals surface area contributed by atoms with E-state index in [4.69, 9.17) is 15.3 Å². The molecule has 8 heteroatoms. The number of halogens is 1. The molecule has 0 aliphatic rings. The van der Waals surface area contributed by atoms with Crippen LogP contribution in [0.1, 0.15) is 37.3 Å². The fourth-order valence-corrected chi connectivity index (χ4v) is 2.77. The van der Waals surface area contributed by atoms with E-state index in [1.165, 1.54) is 12.1 Å². The summed E-state index contributed by atoms with van der Waals surface area (Å²) in [5.74, 6) is -2.17. The lowest BCUT2D eigenvalue weighted by Crippen LogP contribution is -2.41. The van der Waals surface area contributed by atoms with Crippen molar-refractivity contribution in [3.63, 3.8) is 0 Å². The number of aryl methyl sites for hydroxylation is 1. The van der Waals surface area contributed by atoms with E-state index in [-0.39, 0.29) is 36.6 Å². The van der Waals surface area contributed by atoms with Crippen LogP contribution in [-0.4, -0.2) is 45.5 Å². The van der Waals surface area contributed by atoms with Gasteiger partial charge in [-0.3, -0.25) is 9.59 Å². The first-order valence-electron chi connectivity index (χ1n) is 9.49. The van der Waals surface area contributed by atoms with Gasteiger partial charge in [0.25, 0.3) is 0 Å². The molecule has 7 nitrogen and oxygen atoms in total. The Morgan fingerprint density at radius 3 is 2.13 bits per heavy atom. The lowest BCUT2D eigenvalue weighted by molar-refractivity contribution is -0.143. The van der Waals surface area contributed by atoms with Gasteiger partial charge in [-0.25, -0.2) is 4.39 Å². The summed E-state index contributed by atoms with van der Waals surface area (Å²) in [5.41, 5.74) is 1.64. The molecule has 0 saturated heterocycles. The number of benzene rings is 2. The average Bonchev–Trinajstić information content (AvgIpc) is 2.71. The van der Waals surface area contributed by atoms with Crippen LogP contribution in [0, 0.1) is 5.82 Å². The molecule has 0 fully saturated rings. The first kappa shape index (κ1) is 25.1. The molecule has 0 saturated carbocycles. The van der Waals surface area contributed by atoms with Gasteiger partial charge in [0.2, 0.25) is 0 Å².